The molecule has 1 N–H and O–H groups in total. The minimum atomic E-state index is -3.64. The maximum Gasteiger partial charge on any atom is 0.326 e. The first-order chi connectivity index (χ1) is 9.85. The summed E-state index contributed by atoms with van der Waals surface area (Å²) in [7, 11) is -2.14. The van der Waals surface area contributed by atoms with Crippen LogP contribution in [0.4, 0.5) is 0 Å². The minimum absolute atomic E-state index is 0.193. The first-order valence-electron chi connectivity index (χ1n) is 6.35. The van der Waals surface area contributed by atoms with Crippen LogP contribution >= 0.6 is 0 Å². The lowest BCUT2D eigenvalue weighted by molar-refractivity contribution is -0.141. The highest BCUT2D eigenvalue weighted by molar-refractivity contribution is 7.92. The summed E-state index contributed by atoms with van der Waals surface area (Å²) in [6.45, 7) is 1.45. The highest BCUT2D eigenvalue weighted by Crippen LogP contribution is 2.63. The molecule has 2 rings (SSSR count). The van der Waals surface area contributed by atoms with Crippen molar-refractivity contribution in [3.8, 4) is 11.8 Å². The van der Waals surface area contributed by atoms with Gasteiger partial charge < -0.3 is 9.84 Å². The van der Waals surface area contributed by atoms with E-state index in [1.165, 1.54) is 14.0 Å². The van der Waals surface area contributed by atoms with Crippen molar-refractivity contribution in [2.24, 2.45) is 5.41 Å². The molecule has 0 radical (unpaired) electrons. The molecule has 1 aromatic rings. The van der Waals surface area contributed by atoms with E-state index >= 15 is 0 Å². The molecule has 1 aliphatic carbocycles. The predicted molar refractivity (Wildman–Crippen MR) is 74.7 cm³/mol. The van der Waals surface area contributed by atoms with Crippen LogP contribution in [0.15, 0.2) is 24.3 Å². The maximum atomic E-state index is 12.1. The monoisotopic (exact) mass is 309 g/mol. The number of benzene rings is 1. The van der Waals surface area contributed by atoms with E-state index < -0.39 is 32.4 Å². The predicted octanol–water partition coefficient (Wildman–Crippen LogP) is 1.19. The molecule has 0 aromatic heterocycles. The molecule has 0 bridgehead atoms. The molecular weight excluding hydrogens is 294 g/mol. The van der Waals surface area contributed by atoms with Crippen molar-refractivity contribution in [3.63, 3.8) is 0 Å². The first-order valence-corrected chi connectivity index (χ1v) is 8.06. The average molecular weight is 309 g/mol. The number of carbonyl (C=O) groups is 1. The number of methoxy groups -OCH3 is 1. The van der Waals surface area contributed by atoms with Crippen molar-refractivity contribution in [1.82, 2.24) is 0 Å². The van der Waals surface area contributed by atoms with Crippen LogP contribution < -0.4 is 4.74 Å². The second-order valence-corrected chi connectivity index (χ2v) is 7.32. The minimum Gasteiger partial charge on any atom is -0.497 e. The van der Waals surface area contributed by atoms with Gasteiger partial charge in [-0.25, -0.2) is 8.42 Å². The van der Waals surface area contributed by atoms with E-state index in [9.17, 15) is 23.6 Å². The molecule has 0 saturated heterocycles. The van der Waals surface area contributed by atoms with E-state index in [4.69, 9.17) is 4.74 Å². The zero-order valence-corrected chi connectivity index (χ0v) is 12.4. The number of aliphatic carboxylic acids is 1. The zero-order valence-electron chi connectivity index (χ0n) is 11.6. The third-order valence-electron chi connectivity index (χ3n) is 3.94. The summed E-state index contributed by atoms with van der Waals surface area (Å²) in [6.07, 6.45) is 0. The molecule has 1 fully saturated rings. The Morgan fingerprint density at radius 3 is 2.38 bits per heavy atom. The molecule has 0 amide bonds. The molecule has 1 aromatic carbocycles. The fourth-order valence-electron chi connectivity index (χ4n) is 2.71. The van der Waals surface area contributed by atoms with Crippen molar-refractivity contribution in [2.45, 2.75) is 18.1 Å². The van der Waals surface area contributed by atoms with Gasteiger partial charge in [-0.2, -0.15) is 5.26 Å². The standard InChI is InChI=1S/C14H15NO5S/c1-3-21(18,19)12-11(14(12,8-15)13(16)17)9-4-6-10(20-2)7-5-9/h4-7,11-12H,3H2,1-2H3,(H,16,17)/t11-,12+,14-/m0/s1. The number of hydrogen-bond donors (Lipinski definition) is 1. The van der Waals surface area contributed by atoms with Gasteiger partial charge in [-0.05, 0) is 17.7 Å². The van der Waals surface area contributed by atoms with Crippen molar-refractivity contribution < 1.29 is 23.1 Å². The van der Waals surface area contributed by atoms with E-state index in [0.29, 0.717) is 11.3 Å². The molecule has 21 heavy (non-hydrogen) atoms. The normalized spacial score (nSPS) is 27.7. The summed E-state index contributed by atoms with van der Waals surface area (Å²) in [4.78, 5) is 11.5. The number of hydrogen-bond acceptors (Lipinski definition) is 5. The Bertz CT molecular complexity index is 704. The maximum absolute atomic E-state index is 12.1. The molecule has 0 heterocycles. The lowest BCUT2D eigenvalue weighted by atomic mass is 10.0. The highest BCUT2D eigenvalue weighted by atomic mass is 32.2. The van der Waals surface area contributed by atoms with Crippen molar-refractivity contribution in [1.29, 1.82) is 5.26 Å². The van der Waals surface area contributed by atoms with Gasteiger partial charge in [0.15, 0.2) is 15.3 Å². The van der Waals surface area contributed by atoms with Crippen molar-refractivity contribution >= 4 is 15.8 Å². The van der Waals surface area contributed by atoms with Crippen molar-refractivity contribution in [3.05, 3.63) is 29.8 Å². The van der Waals surface area contributed by atoms with Gasteiger partial charge in [-0.3, -0.25) is 4.79 Å². The number of carboxylic acid groups (broad SMARTS) is 1. The van der Waals surface area contributed by atoms with E-state index in [1.54, 1.807) is 30.3 Å². The van der Waals surface area contributed by atoms with Crippen LogP contribution in [0.3, 0.4) is 0 Å². The third kappa shape index (κ3) is 2.16. The van der Waals surface area contributed by atoms with Gasteiger partial charge in [0.2, 0.25) is 0 Å². The number of nitriles is 1. The number of nitrogens with zero attached hydrogens (tertiary/aromatic N) is 1. The first kappa shape index (κ1) is 15.3. The Hall–Kier alpha value is -2.07. The molecule has 6 nitrogen and oxygen atoms in total. The number of carboxylic acids is 1. The number of sulfone groups is 1. The molecular formula is C14H15NO5S. The van der Waals surface area contributed by atoms with Gasteiger partial charge in [-0.15, -0.1) is 0 Å². The van der Waals surface area contributed by atoms with Gasteiger partial charge in [0.25, 0.3) is 0 Å². The van der Waals surface area contributed by atoms with Gasteiger partial charge >= 0.3 is 5.97 Å². The van der Waals surface area contributed by atoms with E-state index in [1.807, 2.05) is 0 Å². The van der Waals surface area contributed by atoms with Gasteiger partial charge in [0.05, 0.1) is 13.2 Å². The van der Waals surface area contributed by atoms with E-state index in [-0.39, 0.29) is 5.75 Å². The van der Waals surface area contributed by atoms with Gasteiger partial charge in [0.1, 0.15) is 11.0 Å². The van der Waals surface area contributed by atoms with Gasteiger partial charge in [-0.1, -0.05) is 19.1 Å². The molecule has 1 saturated carbocycles. The molecule has 7 heteroatoms. The molecule has 112 valence electrons. The largest absolute Gasteiger partial charge is 0.497 e. The van der Waals surface area contributed by atoms with E-state index in [0.717, 1.165) is 0 Å². The van der Waals surface area contributed by atoms with Gasteiger partial charge in [0, 0.05) is 11.7 Å². The molecule has 0 spiro atoms. The lowest BCUT2D eigenvalue weighted by Crippen LogP contribution is -2.23. The lowest BCUT2D eigenvalue weighted by Gasteiger charge is -2.03. The molecule has 1 aliphatic rings. The fourth-order valence-corrected chi connectivity index (χ4v) is 4.64. The van der Waals surface area contributed by atoms with Crippen LogP contribution in [0, 0.1) is 16.7 Å². The van der Waals surface area contributed by atoms with Crippen LogP contribution in [0.25, 0.3) is 0 Å². The average Bonchev–Trinajstić information content (AvgIpc) is 3.19. The number of rotatable bonds is 5. The van der Waals surface area contributed by atoms with Crippen LogP contribution in [-0.2, 0) is 14.6 Å². The second-order valence-electron chi connectivity index (χ2n) is 4.91. The van der Waals surface area contributed by atoms with Crippen LogP contribution in [-0.4, -0.2) is 37.6 Å². The zero-order chi connectivity index (χ0) is 15.8. The Kier molecular flexibility index (Phi) is 3.68. The van der Waals surface area contributed by atoms with Crippen molar-refractivity contribution in [2.75, 3.05) is 12.9 Å². The second kappa shape index (κ2) is 5.04. The third-order valence-corrected chi connectivity index (χ3v) is 6.16. The quantitative estimate of drug-likeness (QED) is 0.876. The summed E-state index contributed by atoms with van der Waals surface area (Å²) < 4.78 is 29.2. The summed E-state index contributed by atoms with van der Waals surface area (Å²) in [6, 6.07) is 8.15. The highest BCUT2D eigenvalue weighted by Gasteiger charge is 2.76. The molecule has 0 unspecified atom stereocenters. The van der Waals surface area contributed by atoms with Crippen LogP contribution in [0.2, 0.25) is 0 Å². The Labute approximate surface area is 122 Å². The topological polar surface area (TPSA) is 104 Å². The van der Waals surface area contributed by atoms with Crippen LogP contribution in [0.5, 0.6) is 5.75 Å². The SMILES string of the molecule is CCS(=O)(=O)[C@@H]1[C@H](c2ccc(OC)cc2)[C@]1(C#N)C(=O)O. The Morgan fingerprint density at radius 1 is 1.43 bits per heavy atom. The summed E-state index contributed by atoms with van der Waals surface area (Å²) in [5.41, 5.74) is -1.38. The summed E-state index contributed by atoms with van der Waals surface area (Å²) in [5, 5.41) is 17.4. The molecule has 3 atom stereocenters. The number of ether oxygens (including phenoxy) is 1. The summed E-state index contributed by atoms with van der Waals surface area (Å²) in [5.74, 6) is -1.86. The molecule has 0 aliphatic heterocycles. The van der Waals surface area contributed by atoms with E-state index in [2.05, 4.69) is 0 Å². The smallest absolute Gasteiger partial charge is 0.326 e. The van der Waals surface area contributed by atoms with Crippen LogP contribution in [0.1, 0.15) is 18.4 Å². The Balaban J connectivity index is 2.50. The Morgan fingerprint density at radius 2 is 2.00 bits per heavy atom. The fraction of sp³-hybridized carbons (Fsp3) is 0.429. The summed E-state index contributed by atoms with van der Waals surface area (Å²) >= 11 is 0.